The predicted molar refractivity (Wildman–Crippen MR) is 127 cm³/mol. The molecule has 2 aliphatic rings. The van der Waals surface area contributed by atoms with Gasteiger partial charge in [-0.15, -0.1) is 0 Å². The number of allylic oxidation sites excluding steroid dienone is 3. The van der Waals surface area contributed by atoms with Gasteiger partial charge in [0.05, 0.1) is 13.6 Å². The average molecular weight is 423 g/mol. The lowest BCUT2D eigenvalue weighted by molar-refractivity contribution is -0.647. The predicted octanol–water partition coefficient (Wildman–Crippen LogP) is 5.36. The van der Waals surface area contributed by atoms with Crippen LogP contribution < -0.4 is 10.3 Å². The molecule has 168 valence electrons. The largest absolute Gasteiger partial charge is 0.380 e. The number of rotatable bonds is 5. The Morgan fingerprint density at radius 3 is 2.87 bits per heavy atom. The summed E-state index contributed by atoms with van der Waals surface area (Å²) in [7, 11) is 2.00. The van der Waals surface area contributed by atoms with E-state index in [1.807, 2.05) is 11.6 Å². The van der Waals surface area contributed by atoms with Crippen LogP contribution in [0, 0.1) is 22.7 Å². The molecule has 0 aliphatic heterocycles. The van der Waals surface area contributed by atoms with Gasteiger partial charge in [-0.25, -0.2) is 4.57 Å². The van der Waals surface area contributed by atoms with E-state index in [4.69, 9.17) is 5.73 Å². The maximum absolute atomic E-state index is 6.13. The molecule has 5 heteroatoms. The molecule has 2 aliphatic carbocycles. The van der Waals surface area contributed by atoms with Crippen molar-refractivity contribution >= 4 is 17.0 Å². The smallest absolute Gasteiger partial charge is 0.307 e. The number of imidazole rings is 1. The number of nitrogens with two attached hydrogens (primary N) is 1. The fourth-order valence-electron chi connectivity index (χ4n) is 6.72. The van der Waals surface area contributed by atoms with Crippen molar-refractivity contribution in [3.05, 3.63) is 36.5 Å². The van der Waals surface area contributed by atoms with Crippen molar-refractivity contribution < 1.29 is 4.57 Å². The zero-order valence-electron chi connectivity index (χ0n) is 20.1. The molecule has 0 aromatic carbocycles. The van der Waals surface area contributed by atoms with Crippen molar-refractivity contribution in [3.63, 3.8) is 0 Å². The number of fused-ring (bicyclic) bond motifs is 2. The first-order chi connectivity index (χ1) is 14.7. The summed E-state index contributed by atoms with van der Waals surface area (Å²) in [5.41, 5.74) is 11.7. The molecular formula is C26H40N5+. The lowest BCUT2D eigenvalue weighted by atomic mass is 9.43. The molecule has 2 N–H and O–H groups in total. The van der Waals surface area contributed by atoms with Gasteiger partial charge >= 0.3 is 5.65 Å². The third kappa shape index (κ3) is 3.60. The van der Waals surface area contributed by atoms with E-state index in [0.29, 0.717) is 22.6 Å². The molecule has 0 saturated heterocycles. The first kappa shape index (κ1) is 22.0. The minimum atomic E-state index is 0.385. The summed E-state index contributed by atoms with van der Waals surface area (Å²) >= 11 is 0. The monoisotopic (exact) mass is 422 g/mol. The topological polar surface area (TPSA) is 60.6 Å². The normalized spacial score (nSPS) is 31.8. The lowest BCUT2D eigenvalue weighted by Gasteiger charge is -2.61. The molecule has 2 fully saturated rings. The molecule has 31 heavy (non-hydrogen) atoms. The molecule has 0 spiro atoms. The van der Waals surface area contributed by atoms with Crippen molar-refractivity contribution in [1.82, 2.24) is 14.5 Å². The Balaban J connectivity index is 1.49. The molecule has 2 saturated carbocycles. The van der Waals surface area contributed by atoms with Gasteiger partial charge in [0.15, 0.2) is 18.5 Å². The molecule has 0 unspecified atom stereocenters. The molecule has 4 atom stereocenters. The summed E-state index contributed by atoms with van der Waals surface area (Å²) in [5, 5.41) is 0. The standard InChI is InChI=1S/C26H40N5/c1-18(12-15-31-17-30(6)24-22(31)23(27)28-16-29-24)9-10-21-19(2)11-14-25(4)20(3)8-7-13-26(21,25)5/h12,16-17,20-21H,2,7-11,13-15H2,1,3-6H3,(H2,27,28,29)/q+1/b18-12+/t20-,21-,25+,26+/m0/s1. The molecule has 2 aromatic heterocycles. The number of aryl methyl sites for hydroxylation is 1. The van der Waals surface area contributed by atoms with E-state index in [1.165, 1.54) is 56.0 Å². The third-order valence-corrected chi connectivity index (χ3v) is 9.18. The molecule has 2 heterocycles. The van der Waals surface area contributed by atoms with Crippen molar-refractivity contribution in [2.45, 2.75) is 79.2 Å². The van der Waals surface area contributed by atoms with Crippen LogP contribution in [0.3, 0.4) is 0 Å². The average Bonchev–Trinajstić information content (AvgIpc) is 3.05. The maximum Gasteiger partial charge on any atom is 0.307 e. The van der Waals surface area contributed by atoms with Crippen LogP contribution in [0.25, 0.3) is 11.2 Å². The second kappa shape index (κ2) is 8.07. The fraction of sp³-hybridized carbons (Fsp3) is 0.654. The quantitative estimate of drug-likeness (QED) is 0.521. The van der Waals surface area contributed by atoms with Gasteiger partial charge in [0, 0.05) is 0 Å². The van der Waals surface area contributed by atoms with E-state index in [0.717, 1.165) is 30.0 Å². The Bertz CT molecular complexity index is 1020. The minimum Gasteiger partial charge on any atom is -0.380 e. The molecule has 0 bridgehead atoms. The summed E-state index contributed by atoms with van der Waals surface area (Å²) in [5.74, 6) is 1.98. The van der Waals surface area contributed by atoms with Crippen molar-refractivity contribution in [3.8, 4) is 0 Å². The highest BCUT2D eigenvalue weighted by Gasteiger charge is 2.55. The van der Waals surface area contributed by atoms with Gasteiger partial charge in [0.1, 0.15) is 0 Å². The van der Waals surface area contributed by atoms with Crippen molar-refractivity contribution in [1.29, 1.82) is 0 Å². The number of hydrogen-bond donors (Lipinski definition) is 1. The summed E-state index contributed by atoms with van der Waals surface area (Å²) < 4.78 is 4.16. The summed E-state index contributed by atoms with van der Waals surface area (Å²) in [6.07, 6.45) is 14.9. The Morgan fingerprint density at radius 1 is 1.32 bits per heavy atom. The Labute approximate surface area is 187 Å². The highest BCUT2D eigenvalue weighted by atomic mass is 15.2. The third-order valence-electron chi connectivity index (χ3n) is 9.18. The zero-order chi connectivity index (χ0) is 22.4. The van der Waals surface area contributed by atoms with Gasteiger partial charge in [0.25, 0.3) is 0 Å². The highest BCUT2D eigenvalue weighted by molar-refractivity contribution is 5.79. The Hall–Kier alpha value is -2.17. The zero-order valence-corrected chi connectivity index (χ0v) is 20.1. The van der Waals surface area contributed by atoms with Gasteiger partial charge in [0.2, 0.25) is 5.52 Å². The minimum absolute atomic E-state index is 0.385. The van der Waals surface area contributed by atoms with Crippen LogP contribution in [-0.4, -0.2) is 14.5 Å². The van der Waals surface area contributed by atoms with Crippen LogP contribution in [0.15, 0.2) is 36.5 Å². The van der Waals surface area contributed by atoms with Gasteiger partial charge in [-0.2, -0.15) is 4.98 Å². The number of nitrogen functional groups attached to an aromatic ring is 1. The number of hydrogen-bond acceptors (Lipinski definition) is 3. The number of nitrogens with zero attached hydrogens (tertiary/aromatic N) is 4. The van der Waals surface area contributed by atoms with Gasteiger partial charge in [-0.05, 0) is 61.7 Å². The van der Waals surface area contributed by atoms with Gasteiger partial charge < -0.3 is 5.73 Å². The second-order valence-electron chi connectivity index (χ2n) is 10.7. The van der Waals surface area contributed by atoms with Crippen LogP contribution >= 0.6 is 0 Å². The number of aromatic nitrogens is 4. The van der Waals surface area contributed by atoms with Crippen molar-refractivity contribution in [2.24, 2.45) is 29.7 Å². The van der Waals surface area contributed by atoms with Crippen LogP contribution in [0.4, 0.5) is 5.82 Å². The first-order valence-electron chi connectivity index (χ1n) is 12.0. The molecule has 4 rings (SSSR count). The molecule has 2 aromatic rings. The first-order valence-corrected chi connectivity index (χ1v) is 12.0. The van der Waals surface area contributed by atoms with Crippen molar-refractivity contribution in [2.75, 3.05) is 5.73 Å². The fourth-order valence-corrected chi connectivity index (χ4v) is 6.72. The Morgan fingerprint density at radius 2 is 2.10 bits per heavy atom. The van der Waals surface area contributed by atoms with Crippen LogP contribution in [0.2, 0.25) is 0 Å². The molecule has 5 nitrogen and oxygen atoms in total. The summed E-state index contributed by atoms with van der Waals surface area (Å²) in [6.45, 7) is 15.2. The summed E-state index contributed by atoms with van der Waals surface area (Å²) in [4.78, 5) is 8.55. The van der Waals surface area contributed by atoms with Gasteiger partial charge in [-0.3, -0.25) is 4.57 Å². The van der Waals surface area contributed by atoms with Crippen LogP contribution in [0.1, 0.15) is 72.6 Å². The summed E-state index contributed by atoms with van der Waals surface area (Å²) in [6, 6.07) is 0. The molecule has 0 amide bonds. The Kier molecular flexibility index (Phi) is 5.74. The highest BCUT2D eigenvalue weighted by Crippen LogP contribution is 2.65. The van der Waals surface area contributed by atoms with Crippen LogP contribution in [-0.2, 0) is 13.6 Å². The maximum atomic E-state index is 6.13. The second-order valence-corrected chi connectivity index (χ2v) is 10.7. The molecule has 0 radical (unpaired) electrons. The van der Waals surface area contributed by atoms with Gasteiger partial charge in [-0.1, -0.05) is 62.4 Å². The van der Waals surface area contributed by atoms with E-state index < -0.39 is 0 Å². The van der Waals surface area contributed by atoms with E-state index in [-0.39, 0.29) is 0 Å². The van der Waals surface area contributed by atoms with E-state index in [2.05, 4.69) is 61.2 Å². The molecular weight excluding hydrogens is 382 g/mol. The van der Waals surface area contributed by atoms with E-state index in [1.54, 1.807) is 0 Å². The number of anilines is 1. The lowest BCUT2D eigenvalue weighted by Crippen LogP contribution is -2.52. The van der Waals surface area contributed by atoms with E-state index >= 15 is 0 Å². The SMILES string of the molecule is C=C1CC[C@]2(C)[C@@H](C)CCC[C@]2(C)[C@H]1CC/C(C)=C/Cn1c[n+](C)c2ncnc(N)c21. The van der Waals surface area contributed by atoms with E-state index in [9.17, 15) is 0 Å². The van der Waals surface area contributed by atoms with Crippen LogP contribution in [0.5, 0.6) is 0 Å².